The minimum Gasteiger partial charge on any atom is -0.479 e. The van der Waals surface area contributed by atoms with Crippen molar-refractivity contribution in [1.29, 1.82) is 0 Å². The molecule has 26 heavy (non-hydrogen) atoms. The number of hydrogen-bond acceptors (Lipinski definition) is 4. The Morgan fingerprint density at radius 2 is 1.85 bits per heavy atom. The van der Waals surface area contributed by atoms with E-state index in [9.17, 15) is 13.2 Å². The quantitative estimate of drug-likeness (QED) is 0.724. The third-order valence-corrected chi connectivity index (χ3v) is 5.28. The fourth-order valence-corrected chi connectivity index (χ4v) is 2.99. The minimum absolute atomic E-state index is 0.0470. The third-order valence-electron chi connectivity index (χ3n) is 3.55. The molecule has 0 heterocycles. The highest BCUT2D eigenvalue weighted by atomic mass is 35.5. The van der Waals surface area contributed by atoms with Crippen molar-refractivity contribution >= 4 is 39.1 Å². The van der Waals surface area contributed by atoms with E-state index in [4.69, 9.17) is 33.1 Å². The number of sulfonamides is 1. The summed E-state index contributed by atoms with van der Waals surface area (Å²) in [6.45, 7) is 1.97. The molecule has 3 N–H and O–H groups in total. The molecule has 0 aliphatic heterocycles. The summed E-state index contributed by atoms with van der Waals surface area (Å²) < 4.78 is 27.9. The van der Waals surface area contributed by atoms with Crippen molar-refractivity contribution < 1.29 is 17.9 Å². The molecule has 0 aliphatic rings. The molecule has 2 aromatic rings. The topological polar surface area (TPSA) is 98.5 Å². The van der Waals surface area contributed by atoms with Crippen molar-refractivity contribution in [2.45, 2.75) is 24.3 Å². The van der Waals surface area contributed by atoms with Crippen molar-refractivity contribution in [2.24, 2.45) is 5.14 Å². The van der Waals surface area contributed by atoms with E-state index in [1.807, 2.05) is 0 Å². The normalized spacial score (nSPS) is 12.5. The van der Waals surface area contributed by atoms with Gasteiger partial charge in [0.15, 0.2) is 6.10 Å². The molecule has 0 aromatic heterocycles. The second kappa shape index (κ2) is 8.73. The molecule has 9 heteroatoms. The summed E-state index contributed by atoms with van der Waals surface area (Å²) in [5.41, 5.74) is 0.865. The Bertz CT molecular complexity index is 886. The zero-order valence-corrected chi connectivity index (χ0v) is 16.2. The Balaban J connectivity index is 1.85. The average molecular weight is 417 g/mol. The maximum Gasteiger partial charge on any atom is 0.260 e. The molecule has 2 rings (SSSR count). The van der Waals surface area contributed by atoms with Crippen LogP contribution >= 0.6 is 23.2 Å². The second-order valence-corrected chi connectivity index (χ2v) is 7.89. The van der Waals surface area contributed by atoms with Crippen LogP contribution in [-0.4, -0.2) is 27.0 Å². The van der Waals surface area contributed by atoms with Crippen LogP contribution in [0.15, 0.2) is 47.4 Å². The van der Waals surface area contributed by atoms with Gasteiger partial charge in [-0.3, -0.25) is 4.79 Å². The van der Waals surface area contributed by atoms with Crippen LogP contribution in [0.4, 0.5) is 0 Å². The molecule has 2 aromatic carbocycles. The monoisotopic (exact) mass is 416 g/mol. The molecule has 0 saturated heterocycles. The van der Waals surface area contributed by atoms with Crippen LogP contribution in [0.25, 0.3) is 0 Å². The first-order valence-corrected chi connectivity index (χ1v) is 9.99. The Hall–Kier alpha value is -1.80. The average Bonchev–Trinajstić information content (AvgIpc) is 2.58. The lowest BCUT2D eigenvalue weighted by atomic mass is 10.1. The number of benzene rings is 2. The Kier molecular flexibility index (Phi) is 6.88. The number of hydrogen-bond donors (Lipinski definition) is 2. The molecule has 1 atom stereocenters. The van der Waals surface area contributed by atoms with Crippen LogP contribution < -0.4 is 15.2 Å². The first-order valence-electron chi connectivity index (χ1n) is 7.68. The van der Waals surface area contributed by atoms with Gasteiger partial charge >= 0.3 is 0 Å². The van der Waals surface area contributed by atoms with E-state index in [1.54, 1.807) is 37.3 Å². The number of ether oxygens (including phenoxy) is 1. The van der Waals surface area contributed by atoms with Crippen LogP contribution in [0, 0.1) is 0 Å². The third kappa shape index (κ3) is 5.60. The van der Waals surface area contributed by atoms with Crippen molar-refractivity contribution in [3.8, 4) is 5.75 Å². The molecule has 0 spiro atoms. The molecular weight excluding hydrogens is 399 g/mol. The lowest BCUT2D eigenvalue weighted by molar-refractivity contribution is -0.127. The van der Waals surface area contributed by atoms with Gasteiger partial charge in [0.25, 0.3) is 5.91 Å². The van der Waals surface area contributed by atoms with Gasteiger partial charge in [0.1, 0.15) is 10.8 Å². The number of amides is 1. The van der Waals surface area contributed by atoms with Crippen LogP contribution in [0.5, 0.6) is 5.75 Å². The number of rotatable bonds is 7. The summed E-state index contributed by atoms with van der Waals surface area (Å²) in [5.74, 6) is 0.0302. The van der Waals surface area contributed by atoms with Crippen LogP contribution in [0.3, 0.4) is 0 Å². The maximum atomic E-state index is 12.1. The van der Waals surface area contributed by atoms with E-state index < -0.39 is 16.1 Å². The fourth-order valence-electron chi connectivity index (χ4n) is 2.14. The highest BCUT2D eigenvalue weighted by Crippen LogP contribution is 2.32. The predicted octanol–water partition coefficient (Wildman–Crippen LogP) is 2.77. The van der Waals surface area contributed by atoms with Crippen molar-refractivity contribution in [2.75, 3.05) is 6.54 Å². The lowest BCUT2D eigenvalue weighted by Crippen LogP contribution is -2.37. The summed E-state index contributed by atoms with van der Waals surface area (Å²) in [7, 11) is -3.71. The number of primary sulfonamides is 1. The zero-order valence-electron chi connectivity index (χ0n) is 13.9. The lowest BCUT2D eigenvalue weighted by Gasteiger charge is -2.16. The SMILES string of the molecule is CC(Oc1cccc(Cl)c1Cl)C(=O)NCCc1ccc(S(N)(=O)=O)cc1. The van der Waals surface area contributed by atoms with Gasteiger partial charge in [-0.1, -0.05) is 41.4 Å². The molecule has 0 aliphatic carbocycles. The molecule has 1 amide bonds. The molecule has 0 fully saturated rings. The number of halogens is 2. The Morgan fingerprint density at radius 3 is 2.46 bits per heavy atom. The zero-order chi connectivity index (χ0) is 19.3. The smallest absolute Gasteiger partial charge is 0.260 e. The van der Waals surface area contributed by atoms with E-state index in [2.05, 4.69) is 5.32 Å². The van der Waals surface area contributed by atoms with Crippen molar-refractivity contribution in [3.63, 3.8) is 0 Å². The van der Waals surface area contributed by atoms with Gasteiger partial charge in [0.2, 0.25) is 10.0 Å². The summed E-state index contributed by atoms with van der Waals surface area (Å²) >= 11 is 11.9. The number of nitrogens with one attached hydrogen (secondary N) is 1. The highest BCUT2D eigenvalue weighted by Gasteiger charge is 2.16. The summed E-state index contributed by atoms with van der Waals surface area (Å²) in [4.78, 5) is 12.2. The van der Waals surface area contributed by atoms with E-state index in [0.717, 1.165) is 5.56 Å². The number of carbonyl (C=O) groups is 1. The van der Waals surface area contributed by atoms with Crippen molar-refractivity contribution in [3.05, 3.63) is 58.1 Å². The standard InChI is InChI=1S/C17H18Cl2N2O4S/c1-11(25-15-4-2-3-14(18)16(15)19)17(22)21-10-9-12-5-7-13(8-6-12)26(20,23)24/h2-8,11H,9-10H2,1H3,(H,21,22)(H2,20,23,24). The van der Waals surface area contributed by atoms with E-state index in [-0.39, 0.29) is 15.8 Å². The number of nitrogens with two attached hydrogens (primary N) is 1. The molecule has 1 unspecified atom stereocenters. The molecule has 0 bridgehead atoms. The Labute approximate surface area is 162 Å². The van der Waals surface area contributed by atoms with E-state index >= 15 is 0 Å². The molecule has 0 saturated carbocycles. The molecule has 0 radical (unpaired) electrons. The first-order chi connectivity index (χ1) is 12.2. The summed E-state index contributed by atoms with van der Waals surface area (Å²) in [5, 5.41) is 8.39. The summed E-state index contributed by atoms with van der Waals surface area (Å²) in [6, 6.07) is 11.1. The van der Waals surface area contributed by atoms with Gasteiger partial charge in [0.05, 0.1) is 9.92 Å². The summed E-state index contributed by atoms with van der Waals surface area (Å²) in [6.07, 6.45) is -0.225. The highest BCUT2D eigenvalue weighted by molar-refractivity contribution is 7.89. The Morgan fingerprint density at radius 1 is 1.19 bits per heavy atom. The second-order valence-electron chi connectivity index (χ2n) is 5.54. The minimum atomic E-state index is -3.71. The fraction of sp³-hybridized carbons (Fsp3) is 0.235. The molecule has 6 nitrogen and oxygen atoms in total. The molecular formula is C17H18Cl2N2O4S. The van der Waals surface area contributed by atoms with Crippen LogP contribution in [0.1, 0.15) is 12.5 Å². The maximum absolute atomic E-state index is 12.1. The van der Waals surface area contributed by atoms with Crippen LogP contribution in [-0.2, 0) is 21.2 Å². The van der Waals surface area contributed by atoms with E-state index in [1.165, 1.54) is 12.1 Å². The molecule has 140 valence electrons. The van der Waals surface area contributed by atoms with Gasteiger partial charge in [-0.05, 0) is 43.2 Å². The van der Waals surface area contributed by atoms with Gasteiger partial charge in [-0.2, -0.15) is 0 Å². The first kappa shape index (κ1) is 20.5. The van der Waals surface area contributed by atoms with Crippen LogP contribution in [0.2, 0.25) is 10.0 Å². The van der Waals surface area contributed by atoms with Gasteiger partial charge in [-0.15, -0.1) is 0 Å². The van der Waals surface area contributed by atoms with Gasteiger partial charge in [0, 0.05) is 6.54 Å². The van der Waals surface area contributed by atoms with Crippen molar-refractivity contribution in [1.82, 2.24) is 5.32 Å². The van der Waals surface area contributed by atoms with E-state index in [0.29, 0.717) is 23.7 Å². The number of carbonyl (C=O) groups excluding carboxylic acids is 1. The van der Waals surface area contributed by atoms with Gasteiger partial charge < -0.3 is 10.1 Å². The largest absolute Gasteiger partial charge is 0.479 e. The predicted molar refractivity (Wildman–Crippen MR) is 101 cm³/mol. The van der Waals surface area contributed by atoms with Gasteiger partial charge in [-0.25, -0.2) is 13.6 Å².